The molecular formula is C14H22N2O4. The van der Waals surface area contributed by atoms with E-state index in [1.54, 1.807) is 12.1 Å². The van der Waals surface area contributed by atoms with Crippen molar-refractivity contribution >= 4 is 5.69 Å². The van der Waals surface area contributed by atoms with Crippen LogP contribution in [0.5, 0.6) is 0 Å². The third kappa shape index (κ3) is 5.24. The van der Waals surface area contributed by atoms with E-state index in [-0.39, 0.29) is 18.0 Å². The van der Waals surface area contributed by atoms with E-state index >= 15 is 0 Å². The molecule has 0 fully saturated rings. The lowest BCUT2D eigenvalue weighted by Gasteiger charge is -2.20. The largest absolute Gasteiger partial charge is 0.352 e. The summed E-state index contributed by atoms with van der Waals surface area (Å²) < 4.78 is 10.9. The van der Waals surface area contributed by atoms with Gasteiger partial charge in [0.2, 0.25) is 0 Å². The normalized spacial score (nSPS) is 12.6. The second-order valence-corrected chi connectivity index (χ2v) is 4.32. The Hall–Kier alpha value is -1.50. The molecule has 0 saturated carbocycles. The average Bonchev–Trinajstić information content (AvgIpc) is 2.45. The minimum Gasteiger partial charge on any atom is -0.352 e. The van der Waals surface area contributed by atoms with E-state index in [0.29, 0.717) is 19.8 Å². The number of nitrogens with one attached hydrogen (secondary N) is 1. The van der Waals surface area contributed by atoms with Gasteiger partial charge in [-0.3, -0.25) is 10.1 Å². The summed E-state index contributed by atoms with van der Waals surface area (Å²) in [5, 5.41) is 13.9. The van der Waals surface area contributed by atoms with Gasteiger partial charge in [-0.05, 0) is 26.3 Å². The highest BCUT2D eigenvalue weighted by Gasteiger charge is 2.12. The molecule has 1 atom stereocenters. The maximum Gasteiger partial charge on any atom is 0.269 e. The average molecular weight is 282 g/mol. The first-order valence-corrected chi connectivity index (χ1v) is 6.79. The van der Waals surface area contributed by atoms with Gasteiger partial charge in [0.1, 0.15) is 0 Å². The lowest BCUT2D eigenvalue weighted by molar-refractivity contribution is -0.384. The smallest absolute Gasteiger partial charge is 0.269 e. The molecule has 0 heterocycles. The summed E-state index contributed by atoms with van der Waals surface area (Å²) in [7, 11) is 0. The Bertz CT molecular complexity index is 402. The van der Waals surface area contributed by atoms with Gasteiger partial charge in [0, 0.05) is 37.9 Å². The summed E-state index contributed by atoms with van der Waals surface area (Å²) in [5.41, 5.74) is 1.09. The highest BCUT2D eigenvalue weighted by atomic mass is 16.7. The van der Waals surface area contributed by atoms with Crippen LogP contribution < -0.4 is 5.32 Å². The van der Waals surface area contributed by atoms with Crippen LogP contribution in [0, 0.1) is 10.1 Å². The van der Waals surface area contributed by atoms with Gasteiger partial charge in [0.05, 0.1) is 4.92 Å². The maximum atomic E-state index is 10.6. The SMILES string of the molecule is CCOC(CNC(C)c1ccc([N+](=O)[O-])cc1)OCC. The first-order chi connectivity index (χ1) is 9.58. The molecule has 0 amide bonds. The zero-order valence-corrected chi connectivity index (χ0v) is 12.2. The van der Waals surface area contributed by atoms with Crippen molar-refractivity contribution in [3.05, 3.63) is 39.9 Å². The molecule has 112 valence electrons. The molecule has 1 aromatic carbocycles. The Morgan fingerprint density at radius 1 is 1.20 bits per heavy atom. The van der Waals surface area contributed by atoms with Crippen molar-refractivity contribution in [1.82, 2.24) is 5.32 Å². The molecule has 0 aliphatic carbocycles. The lowest BCUT2D eigenvalue weighted by atomic mass is 10.1. The summed E-state index contributed by atoms with van der Waals surface area (Å²) in [6, 6.07) is 6.60. The van der Waals surface area contributed by atoms with Crippen LogP contribution in [0.15, 0.2) is 24.3 Å². The molecule has 0 spiro atoms. The summed E-state index contributed by atoms with van der Waals surface area (Å²) in [6.07, 6.45) is -0.273. The number of nitro benzene ring substituents is 1. The fourth-order valence-electron chi connectivity index (χ4n) is 1.81. The van der Waals surface area contributed by atoms with Crippen LogP contribution >= 0.6 is 0 Å². The first kappa shape index (κ1) is 16.6. The van der Waals surface area contributed by atoms with E-state index < -0.39 is 4.92 Å². The van der Waals surface area contributed by atoms with Crippen LogP contribution in [-0.2, 0) is 9.47 Å². The van der Waals surface area contributed by atoms with Gasteiger partial charge >= 0.3 is 0 Å². The highest BCUT2D eigenvalue weighted by molar-refractivity contribution is 5.33. The zero-order chi connectivity index (χ0) is 15.0. The molecule has 0 saturated heterocycles. The number of benzene rings is 1. The zero-order valence-electron chi connectivity index (χ0n) is 12.2. The standard InChI is InChI=1S/C14H22N2O4/c1-4-19-14(20-5-2)10-15-11(3)12-6-8-13(9-7-12)16(17)18/h6-9,11,14-15H,4-5,10H2,1-3H3. The number of non-ortho nitro benzene ring substituents is 1. The fraction of sp³-hybridized carbons (Fsp3) is 0.571. The van der Waals surface area contributed by atoms with Crippen molar-refractivity contribution in [3.63, 3.8) is 0 Å². The third-order valence-corrected chi connectivity index (χ3v) is 2.90. The molecule has 20 heavy (non-hydrogen) atoms. The number of rotatable bonds is 9. The topological polar surface area (TPSA) is 73.6 Å². The van der Waals surface area contributed by atoms with Crippen molar-refractivity contribution in [2.24, 2.45) is 0 Å². The van der Waals surface area contributed by atoms with Crippen molar-refractivity contribution in [3.8, 4) is 0 Å². The van der Waals surface area contributed by atoms with Gasteiger partial charge < -0.3 is 14.8 Å². The summed E-state index contributed by atoms with van der Waals surface area (Å²) in [4.78, 5) is 10.2. The molecular weight excluding hydrogens is 260 g/mol. The predicted octanol–water partition coefficient (Wildman–Crippen LogP) is 2.64. The van der Waals surface area contributed by atoms with Gasteiger partial charge in [-0.2, -0.15) is 0 Å². The quantitative estimate of drug-likeness (QED) is 0.428. The van der Waals surface area contributed by atoms with Crippen molar-refractivity contribution in [2.75, 3.05) is 19.8 Å². The molecule has 6 nitrogen and oxygen atoms in total. The Balaban J connectivity index is 2.52. The number of nitrogens with zero attached hydrogens (tertiary/aromatic N) is 1. The number of nitro groups is 1. The summed E-state index contributed by atoms with van der Waals surface area (Å²) in [5.74, 6) is 0. The van der Waals surface area contributed by atoms with Crippen LogP contribution in [0.3, 0.4) is 0 Å². The number of ether oxygens (including phenoxy) is 2. The van der Waals surface area contributed by atoms with Gasteiger partial charge in [-0.25, -0.2) is 0 Å². The molecule has 0 bridgehead atoms. The van der Waals surface area contributed by atoms with Crippen LogP contribution in [0.2, 0.25) is 0 Å². The Morgan fingerprint density at radius 2 is 1.75 bits per heavy atom. The van der Waals surface area contributed by atoms with E-state index in [4.69, 9.17) is 9.47 Å². The van der Waals surface area contributed by atoms with E-state index in [1.807, 2.05) is 20.8 Å². The molecule has 0 aromatic heterocycles. The molecule has 6 heteroatoms. The van der Waals surface area contributed by atoms with E-state index in [0.717, 1.165) is 5.56 Å². The fourth-order valence-corrected chi connectivity index (χ4v) is 1.81. The van der Waals surface area contributed by atoms with Gasteiger partial charge in [0.15, 0.2) is 6.29 Å². The van der Waals surface area contributed by atoms with Crippen molar-refractivity contribution in [2.45, 2.75) is 33.1 Å². The summed E-state index contributed by atoms with van der Waals surface area (Å²) in [6.45, 7) is 7.60. The number of hydrogen-bond acceptors (Lipinski definition) is 5. The molecule has 0 radical (unpaired) electrons. The Morgan fingerprint density at radius 3 is 2.20 bits per heavy atom. The Labute approximate surface area is 119 Å². The summed E-state index contributed by atoms with van der Waals surface area (Å²) >= 11 is 0. The minimum absolute atomic E-state index is 0.0687. The molecule has 1 rings (SSSR count). The number of hydrogen-bond donors (Lipinski definition) is 1. The molecule has 1 N–H and O–H groups in total. The van der Waals surface area contributed by atoms with Crippen LogP contribution in [0.25, 0.3) is 0 Å². The van der Waals surface area contributed by atoms with Crippen LogP contribution in [-0.4, -0.2) is 31.0 Å². The first-order valence-electron chi connectivity index (χ1n) is 6.79. The minimum atomic E-state index is -0.401. The monoisotopic (exact) mass is 282 g/mol. The van der Waals surface area contributed by atoms with E-state index in [1.165, 1.54) is 12.1 Å². The van der Waals surface area contributed by atoms with Crippen molar-refractivity contribution < 1.29 is 14.4 Å². The van der Waals surface area contributed by atoms with Gasteiger partial charge in [0.25, 0.3) is 5.69 Å². The molecule has 0 aliphatic rings. The highest BCUT2D eigenvalue weighted by Crippen LogP contribution is 2.17. The second kappa shape index (κ2) is 8.63. The van der Waals surface area contributed by atoms with Gasteiger partial charge in [-0.15, -0.1) is 0 Å². The Kier molecular flexibility index (Phi) is 7.14. The molecule has 1 unspecified atom stereocenters. The molecule has 1 aromatic rings. The van der Waals surface area contributed by atoms with E-state index in [9.17, 15) is 10.1 Å². The van der Waals surface area contributed by atoms with Crippen LogP contribution in [0.4, 0.5) is 5.69 Å². The predicted molar refractivity (Wildman–Crippen MR) is 76.6 cm³/mol. The van der Waals surface area contributed by atoms with Gasteiger partial charge in [-0.1, -0.05) is 12.1 Å². The van der Waals surface area contributed by atoms with E-state index in [2.05, 4.69) is 5.32 Å². The third-order valence-electron chi connectivity index (χ3n) is 2.90. The molecule has 0 aliphatic heterocycles. The lowest BCUT2D eigenvalue weighted by Crippen LogP contribution is -2.33. The maximum absolute atomic E-state index is 10.6. The second-order valence-electron chi connectivity index (χ2n) is 4.32. The van der Waals surface area contributed by atoms with Crippen molar-refractivity contribution in [1.29, 1.82) is 0 Å². The van der Waals surface area contributed by atoms with Crippen LogP contribution in [0.1, 0.15) is 32.4 Å².